The highest BCUT2D eigenvalue weighted by Gasteiger charge is 2.35. The van der Waals surface area contributed by atoms with Gasteiger partial charge < -0.3 is 10.1 Å². The molecule has 4 heteroatoms. The number of benzene rings is 1. The number of nitrogens with zero attached hydrogens (tertiary/aromatic N) is 1. The standard InChI is InChI=1S/C18H22N2O2/c19-13-18(9-1-2-10-18)20-17(21)15-7-5-14(6-8-15)16-4-3-11-22-12-16/h5-8,16H,1-4,9-12H2,(H,20,21). The molecule has 2 aliphatic rings. The Labute approximate surface area is 131 Å². The molecule has 1 aromatic carbocycles. The van der Waals surface area contributed by atoms with E-state index in [2.05, 4.69) is 11.4 Å². The average Bonchev–Trinajstić information content (AvgIpc) is 3.05. The van der Waals surface area contributed by atoms with Crippen molar-refractivity contribution >= 4 is 5.91 Å². The van der Waals surface area contributed by atoms with E-state index in [0.717, 1.165) is 51.7 Å². The van der Waals surface area contributed by atoms with E-state index in [-0.39, 0.29) is 5.91 Å². The van der Waals surface area contributed by atoms with Crippen molar-refractivity contribution < 1.29 is 9.53 Å². The SMILES string of the molecule is N#CC1(NC(=O)c2ccc(C3CCCOC3)cc2)CCCC1. The monoisotopic (exact) mass is 298 g/mol. The van der Waals surface area contributed by atoms with E-state index in [1.54, 1.807) is 0 Å². The van der Waals surface area contributed by atoms with Gasteiger partial charge in [-0.05, 0) is 56.2 Å². The zero-order valence-electron chi connectivity index (χ0n) is 12.8. The summed E-state index contributed by atoms with van der Waals surface area (Å²) in [6.07, 6.45) is 5.77. The minimum Gasteiger partial charge on any atom is -0.381 e. The van der Waals surface area contributed by atoms with Crippen LogP contribution in [0.3, 0.4) is 0 Å². The summed E-state index contributed by atoms with van der Waals surface area (Å²) in [4.78, 5) is 12.4. The van der Waals surface area contributed by atoms with Crippen LogP contribution in [0.4, 0.5) is 0 Å². The predicted octanol–water partition coefficient (Wildman–Crippen LogP) is 3.15. The first-order valence-corrected chi connectivity index (χ1v) is 8.14. The summed E-state index contributed by atoms with van der Waals surface area (Å²) in [5, 5.41) is 12.3. The zero-order valence-corrected chi connectivity index (χ0v) is 12.8. The van der Waals surface area contributed by atoms with Crippen LogP contribution in [0, 0.1) is 11.3 Å². The van der Waals surface area contributed by atoms with Gasteiger partial charge in [-0.2, -0.15) is 5.26 Å². The fraction of sp³-hybridized carbons (Fsp3) is 0.556. The van der Waals surface area contributed by atoms with E-state index < -0.39 is 5.54 Å². The fourth-order valence-corrected chi connectivity index (χ4v) is 3.44. The molecule has 1 unspecified atom stereocenters. The number of carbonyl (C=O) groups excluding carboxylic acids is 1. The first kappa shape index (κ1) is 15.1. The fourth-order valence-electron chi connectivity index (χ4n) is 3.44. The van der Waals surface area contributed by atoms with Gasteiger partial charge in [0.15, 0.2) is 0 Å². The molecule has 1 aliphatic carbocycles. The molecule has 1 aliphatic heterocycles. The molecule has 0 aromatic heterocycles. The second kappa shape index (κ2) is 6.50. The highest BCUT2D eigenvalue weighted by Crippen LogP contribution is 2.29. The molecule has 0 bridgehead atoms. The van der Waals surface area contributed by atoms with Crippen LogP contribution < -0.4 is 5.32 Å². The minimum atomic E-state index is -0.660. The Morgan fingerprint density at radius 1 is 1.23 bits per heavy atom. The number of hydrogen-bond donors (Lipinski definition) is 1. The Morgan fingerprint density at radius 3 is 2.55 bits per heavy atom. The van der Waals surface area contributed by atoms with Crippen molar-refractivity contribution in [2.75, 3.05) is 13.2 Å². The molecule has 0 radical (unpaired) electrons. The zero-order chi connectivity index (χ0) is 15.4. The summed E-state index contributed by atoms with van der Waals surface area (Å²) < 4.78 is 5.52. The minimum absolute atomic E-state index is 0.144. The van der Waals surface area contributed by atoms with E-state index in [0.29, 0.717) is 11.5 Å². The van der Waals surface area contributed by atoms with Gasteiger partial charge in [-0.1, -0.05) is 12.1 Å². The van der Waals surface area contributed by atoms with Gasteiger partial charge in [-0.3, -0.25) is 4.79 Å². The number of nitrogens with one attached hydrogen (secondary N) is 1. The number of amides is 1. The van der Waals surface area contributed by atoms with Crippen molar-refractivity contribution in [1.29, 1.82) is 5.26 Å². The number of hydrogen-bond acceptors (Lipinski definition) is 3. The number of carbonyl (C=O) groups is 1. The van der Waals surface area contributed by atoms with Crippen LogP contribution in [-0.4, -0.2) is 24.7 Å². The maximum absolute atomic E-state index is 12.4. The largest absolute Gasteiger partial charge is 0.381 e. The molecular weight excluding hydrogens is 276 g/mol. The second-order valence-corrected chi connectivity index (χ2v) is 6.39. The number of ether oxygens (including phenoxy) is 1. The van der Waals surface area contributed by atoms with Gasteiger partial charge in [-0.15, -0.1) is 0 Å². The number of rotatable bonds is 3. The van der Waals surface area contributed by atoms with Crippen LogP contribution >= 0.6 is 0 Å². The number of nitriles is 1. The van der Waals surface area contributed by atoms with Crippen LogP contribution in [-0.2, 0) is 4.74 Å². The lowest BCUT2D eigenvalue weighted by atomic mass is 9.92. The molecule has 0 spiro atoms. The van der Waals surface area contributed by atoms with Crippen molar-refractivity contribution in [3.05, 3.63) is 35.4 Å². The smallest absolute Gasteiger partial charge is 0.252 e. The Balaban J connectivity index is 1.67. The van der Waals surface area contributed by atoms with Crippen molar-refractivity contribution in [1.82, 2.24) is 5.32 Å². The lowest BCUT2D eigenvalue weighted by molar-refractivity contribution is 0.0804. The third-order valence-corrected chi connectivity index (χ3v) is 4.83. The Kier molecular flexibility index (Phi) is 4.44. The van der Waals surface area contributed by atoms with Crippen LogP contribution in [0.15, 0.2) is 24.3 Å². The van der Waals surface area contributed by atoms with Crippen LogP contribution in [0.2, 0.25) is 0 Å². The molecule has 1 saturated heterocycles. The lowest BCUT2D eigenvalue weighted by Crippen LogP contribution is -2.45. The molecule has 2 fully saturated rings. The summed E-state index contributed by atoms with van der Waals surface area (Å²) in [6, 6.07) is 10.0. The van der Waals surface area contributed by atoms with Gasteiger partial charge in [0.05, 0.1) is 12.7 Å². The summed E-state index contributed by atoms with van der Waals surface area (Å²) in [7, 11) is 0. The Bertz CT molecular complexity index is 562. The summed E-state index contributed by atoms with van der Waals surface area (Å²) >= 11 is 0. The second-order valence-electron chi connectivity index (χ2n) is 6.39. The van der Waals surface area contributed by atoms with Gasteiger partial charge in [0.25, 0.3) is 5.91 Å². The van der Waals surface area contributed by atoms with Gasteiger partial charge in [0.1, 0.15) is 5.54 Å². The maximum Gasteiger partial charge on any atom is 0.252 e. The highest BCUT2D eigenvalue weighted by molar-refractivity contribution is 5.95. The average molecular weight is 298 g/mol. The van der Waals surface area contributed by atoms with E-state index in [1.165, 1.54) is 5.56 Å². The Morgan fingerprint density at radius 2 is 1.95 bits per heavy atom. The normalized spacial score (nSPS) is 23.7. The van der Waals surface area contributed by atoms with Crippen LogP contribution in [0.1, 0.15) is 60.4 Å². The molecule has 1 amide bonds. The first-order valence-electron chi connectivity index (χ1n) is 8.14. The molecule has 4 nitrogen and oxygen atoms in total. The summed E-state index contributed by atoms with van der Waals surface area (Å²) in [5.74, 6) is 0.293. The third kappa shape index (κ3) is 3.15. The summed E-state index contributed by atoms with van der Waals surface area (Å²) in [5.41, 5.74) is 1.20. The molecule has 1 saturated carbocycles. The van der Waals surface area contributed by atoms with E-state index in [4.69, 9.17) is 4.74 Å². The lowest BCUT2D eigenvalue weighted by Gasteiger charge is -2.23. The summed E-state index contributed by atoms with van der Waals surface area (Å²) in [6.45, 7) is 1.62. The van der Waals surface area contributed by atoms with Crippen molar-refractivity contribution in [2.24, 2.45) is 0 Å². The van der Waals surface area contributed by atoms with Crippen LogP contribution in [0.25, 0.3) is 0 Å². The molecule has 1 aromatic rings. The van der Waals surface area contributed by atoms with Gasteiger partial charge >= 0.3 is 0 Å². The Hall–Kier alpha value is -1.86. The maximum atomic E-state index is 12.4. The topological polar surface area (TPSA) is 62.1 Å². The van der Waals surface area contributed by atoms with Crippen LogP contribution in [0.5, 0.6) is 0 Å². The quantitative estimate of drug-likeness (QED) is 0.932. The molecular formula is C18H22N2O2. The van der Waals surface area contributed by atoms with Gasteiger partial charge in [0, 0.05) is 18.1 Å². The molecule has 1 atom stereocenters. The molecule has 1 heterocycles. The molecule has 116 valence electrons. The van der Waals surface area contributed by atoms with Crippen molar-refractivity contribution in [3.8, 4) is 6.07 Å². The van der Waals surface area contributed by atoms with Crippen molar-refractivity contribution in [2.45, 2.75) is 50.0 Å². The van der Waals surface area contributed by atoms with E-state index >= 15 is 0 Å². The van der Waals surface area contributed by atoms with Crippen molar-refractivity contribution in [3.63, 3.8) is 0 Å². The molecule has 22 heavy (non-hydrogen) atoms. The molecule has 1 N–H and O–H groups in total. The van der Waals surface area contributed by atoms with E-state index in [9.17, 15) is 10.1 Å². The van der Waals surface area contributed by atoms with E-state index in [1.807, 2.05) is 24.3 Å². The molecule has 3 rings (SSSR count). The van der Waals surface area contributed by atoms with Gasteiger partial charge in [-0.25, -0.2) is 0 Å². The first-order chi connectivity index (χ1) is 10.7. The highest BCUT2D eigenvalue weighted by atomic mass is 16.5. The van der Waals surface area contributed by atoms with Gasteiger partial charge in [0.2, 0.25) is 0 Å². The third-order valence-electron chi connectivity index (χ3n) is 4.83. The predicted molar refractivity (Wildman–Crippen MR) is 83.5 cm³/mol.